The van der Waals surface area contributed by atoms with E-state index in [4.69, 9.17) is 0 Å². The zero-order valence-corrected chi connectivity index (χ0v) is 7.51. The van der Waals surface area contributed by atoms with Crippen molar-refractivity contribution in [3.05, 3.63) is 11.1 Å². The molecule has 0 aromatic heterocycles. The molecule has 1 aliphatic carbocycles. The zero-order valence-electron chi connectivity index (χ0n) is 7.51. The summed E-state index contributed by atoms with van der Waals surface area (Å²) in [4.78, 5) is 22.4. The van der Waals surface area contributed by atoms with Crippen LogP contribution < -0.4 is 0 Å². The van der Waals surface area contributed by atoms with Gasteiger partial charge in [-0.3, -0.25) is 4.79 Å². The Hall–Kier alpha value is -1.12. The molecule has 66 valence electrons. The van der Waals surface area contributed by atoms with Gasteiger partial charge in [-0.15, -0.1) is 0 Å². The normalized spacial score (nSPS) is 23.2. The van der Waals surface area contributed by atoms with Gasteiger partial charge < -0.3 is 4.74 Å². The molecule has 1 atom stereocenters. The Labute approximate surface area is 71.4 Å². The van der Waals surface area contributed by atoms with Crippen LogP contribution in [0, 0.1) is 5.92 Å². The van der Waals surface area contributed by atoms with E-state index in [0.29, 0.717) is 17.6 Å². The van der Waals surface area contributed by atoms with Crippen LogP contribution in [0.5, 0.6) is 0 Å². The van der Waals surface area contributed by atoms with Crippen LogP contribution in [-0.2, 0) is 14.3 Å². The first-order valence-electron chi connectivity index (χ1n) is 3.90. The third kappa shape index (κ3) is 1.26. The van der Waals surface area contributed by atoms with Crippen molar-refractivity contribution >= 4 is 11.8 Å². The highest BCUT2D eigenvalue weighted by molar-refractivity contribution is 6.08. The summed E-state index contributed by atoms with van der Waals surface area (Å²) in [5, 5.41) is 0. The van der Waals surface area contributed by atoms with Gasteiger partial charge in [0.25, 0.3) is 0 Å². The molecule has 1 unspecified atom stereocenters. The van der Waals surface area contributed by atoms with Gasteiger partial charge in [-0.1, -0.05) is 6.92 Å². The average Bonchev–Trinajstić information content (AvgIpc) is 2.32. The quantitative estimate of drug-likeness (QED) is 0.550. The fourth-order valence-electron chi connectivity index (χ4n) is 1.43. The first-order valence-corrected chi connectivity index (χ1v) is 3.90. The maximum absolute atomic E-state index is 11.3. The van der Waals surface area contributed by atoms with E-state index in [1.54, 1.807) is 6.92 Å². The predicted molar refractivity (Wildman–Crippen MR) is 43.5 cm³/mol. The Kier molecular flexibility index (Phi) is 2.31. The van der Waals surface area contributed by atoms with Gasteiger partial charge in [0.15, 0.2) is 5.78 Å². The average molecular weight is 168 g/mol. The lowest BCUT2D eigenvalue weighted by Gasteiger charge is -1.99. The van der Waals surface area contributed by atoms with Crippen molar-refractivity contribution in [3.63, 3.8) is 0 Å². The second kappa shape index (κ2) is 3.09. The molecule has 12 heavy (non-hydrogen) atoms. The zero-order chi connectivity index (χ0) is 9.30. The number of carbonyl (C=O) groups is 2. The van der Waals surface area contributed by atoms with Gasteiger partial charge >= 0.3 is 5.97 Å². The van der Waals surface area contributed by atoms with Gasteiger partial charge in [-0.25, -0.2) is 4.79 Å². The second-order valence-electron chi connectivity index (χ2n) is 3.06. The third-order valence-electron chi connectivity index (χ3n) is 2.21. The van der Waals surface area contributed by atoms with E-state index in [1.165, 1.54) is 7.11 Å². The number of carbonyl (C=O) groups excluding carboxylic acids is 2. The summed E-state index contributed by atoms with van der Waals surface area (Å²) in [6, 6.07) is 0. The molecule has 0 aliphatic heterocycles. The molecule has 0 saturated carbocycles. The summed E-state index contributed by atoms with van der Waals surface area (Å²) in [6.45, 7) is 3.50. The topological polar surface area (TPSA) is 43.4 Å². The second-order valence-corrected chi connectivity index (χ2v) is 3.06. The fraction of sp³-hybridized carbons (Fsp3) is 0.556. The molecule has 0 amide bonds. The number of methoxy groups -OCH3 is 1. The van der Waals surface area contributed by atoms with Crippen molar-refractivity contribution < 1.29 is 14.3 Å². The van der Waals surface area contributed by atoms with Crippen LogP contribution in [0.25, 0.3) is 0 Å². The third-order valence-corrected chi connectivity index (χ3v) is 2.21. The van der Waals surface area contributed by atoms with Crippen molar-refractivity contribution in [1.82, 2.24) is 0 Å². The largest absolute Gasteiger partial charge is 0.466 e. The van der Waals surface area contributed by atoms with Crippen molar-refractivity contribution in [2.45, 2.75) is 20.3 Å². The highest BCUT2D eigenvalue weighted by Gasteiger charge is 2.30. The molecule has 0 spiro atoms. The Morgan fingerprint density at radius 1 is 1.58 bits per heavy atom. The smallest absolute Gasteiger partial charge is 0.334 e. The van der Waals surface area contributed by atoms with Crippen molar-refractivity contribution in [1.29, 1.82) is 0 Å². The van der Waals surface area contributed by atoms with Crippen LogP contribution in [0.2, 0.25) is 0 Å². The predicted octanol–water partition coefficient (Wildman–Crippen LogP) is 1.08. The lowest BCUT2D eigenvalue weighted by Crippen LogP contribution is -2.04. The van der Waals surface area contributed by atoms with E-state index in [1.807, 2.05) is 6.92 Å². The maximum atomic E-state index is 11.3. The lowest BCUT2D eigenvalue weighted by molar-refractivity contribution is -0.136. The summed E-state index contributed by atoms with van der Waals surface area (Å²) < 4.78 is 4.55. The number of hydrogen-bond acceptors (Lipinski definition) is 3. The van der Waals surface area contributed by atoms with E-state index in [9.17, 15) is 9.59 Å². The molecule has 0 aromatic rings. The van der Waals surface area contributed by atoms with Crippen LogP contribution in [0.15, 0.2) is 11.1 Å². The molecule has 0 saturated heterocycles. The van der Waals surface area contributed by atoms with Crippen LogP contribution in [-0.4, -0.2) is 18.9 Å². The highest BCUT2D eigenvalue weighted by atomic mass is 16.5. The fourth-order valence-corrected chi connectivity index (χ4v) is 1.43. The SMILES string of the molecule is COC(=O)C1=C(C)C(=O)C(C)C1. The van der Waals surface area contributed by atoms with Gasteiger partial charge in [-0.05, 0) is 13.3 Å². The Morgan fingerprint density at radius 2 is 2.17 bits per heavy atom. The van der Waals surface area contributed by atoms with E-state index < -0.39 is 0 Å². The molecule has 0 fully saturated rings. The molecule has 0 N–H and O–H groups in total. The standard InChI is InChI=1S/C9H12O3/c1-5-4-7(9(11)12-3)6(2)8(5)10/h5H,4H2,1-3H3. The molecular formula is C9H12O3. The number of rotatable bonds is 1. The maximum Gasteiger partial charge on any atom is 0.334 e. The van der Waals surface area contributed by atoms with Crippen molar-refractivity contribution in [2.75, 3.05) is 7.11 Å². The molecule has 3 nitrogen and oxygen atoms in total. The summed E-state index contributed by atoms with van der Waals surface area (Å²) >= 11 is 0. The molecular weight excluding hydrogens is 156 g/mol. The minimum Gasteiger partial charge on any atom is -0.466 e. The van der Waals surface area contributed by atoms with E-state index in [-0.39, 0.29) is 17.7 Å². The molecule has 3 heteroatoms. The van der Waals surface area contributed by atoms with Gasteiger partial charge in [0.2, 0.25) is 0 Å². The first-order chi connectivity index (χ1) is 5.57. The van der Waals surface area contributed by atoms with Crippen molar-refractivity contribution in [3.8, 4) is 0 Å². The number of Topliss-reactive ketones (excluding diaryl/α,β-unsaturated/α-hetero) is 1. The number of hydrogen-bond donors (Lipinski definition) is 0. The van der Waals surface area contributed by atoms with E-state index >= 15 is 0 Å². The van der Waals surface area contributed by atoms with Gasteiger partial charge in [-0.2, -0.15) is 0 Å². The first kappa shape index (κ1) is 8.97. The number of ether oxygens (including phenoxy) is 1. The molecule has 0 radical (unpaired) electrons. The summed E-state index contributed by atoms with van der Waals surface area (Å²) in [7, 11) is 1.33. The molecule has 0 bridgehead atoms. The Balaban J connectivity index is 2.92. The van der Waals surface area contributed by atoms with Crippen LogP contribution in [0.4, 0.5) is 0 Å². The monoisotopic (exact) mass is 168 g/mol. The van der Waals surface area contributed by atoms with Crippen LogP contribution >= 0.6 is 0 Å². The summed E-state index contributed by atoms with van der Waals surface area (Å²) in [6.07, 6.45) is 0.525. The molecule has 0 aromatic carbocycles. The van der Waals surface area contributed by atoms with E-state index in [2.05, 4.69) is 4.74 Å². The van der Waals surface area contributed by atoms with Gasteiger partial charge in [0, 0.05) is 17.1 Å². The van der Waals surface area contributed by atoms with Crippen LogP contribution in [0.3, 0.4) is 0 Å². The van der Waals surface area contributed by atoms with Crippen molar-refractivity contribution in [2.24, 2.45) is 5.92 Å². The molecule has 0 heterocycles. The molecule has 1 rings (SSSR count). The number of allylic oxidation sites excluding steroid dienone is 1. The van der Waals surface area contributed by atoms with Gasteiger partial charge in [0.05, 0.1) is 7.11 Å². The summed E-state index contributed by atoms with van der Waals surface area (Å²) in [5.41, 5.74) is 1.10. The highest BCUT2D eigenvalue weighted by Crippen LogP contribution is 2.28. The minimum atomic E-state index is -0.370. The number of ketones is 1. The van der Waals surface area contributed by atoms with Gasteiger partial charge in [0.1, 0.15) is 0 Å². The minimum absolute atomic E-state index is 0.0564. The summed E-state index contributed by atoms with van der Waals surface area (Å²) in [5.74, 6) is -0.361. The van der Waals surface area contributed by atoms with Crippen LogP contribution in [0.1, 0.15) is 20.3 Å². The Morgan fingerprint density at radius 3 is 2.50 bits per heavy atom. The molecule has 1 aliphatic rings. The number of esters is 1. The Bertz CT molecular complexity index is 263. The lowest BCUT2D eigenvalue weighted by atomic mass is 10.1. The van der Waals surface area contributed by atoms with E-state index in [0.717, 1.165) is 0 Å².